The second-order valence-electron chi connectivity index (χ2n) is 4.92. The summed E-state index contributed by atoms with van der Waals surface area (Å²) in [6, 6.07) is 3.58. The average molecular weight is 357 g/mol. The van der Waals surface area contributed by atoms with Crippen LogP contribution >= 0.6 is 15.9 Å². The molecule has 1 aromatic rings. The van der Waals surface area contributed by atoms with Gasteiger partial charge in [-0.05, 0) is 47.8 Å². The van der Waals surface area contributed by atoms with Crippen LogP contribution in [0.4, 0.5) is 0 Å². The van der Waals surface area contributed by atoms with Crippen LogP contribution in [-0.2, 0) is 9.47 Å². The Labute approximate surface area is 133 Å². The number of rotatable bonds is 6. The molecule has 0 bridgehead atoms. The largest absolute Gasteiger partial charge is 0.379 e. The number of nitrogens with zero attached hydrogens (tertiary/aromatic N) is 2. The summed E-state index contributed by atoms with van der Waals surface area (Å²) in [5, 5.41) is 0. The molecule has 21 heavy (non-hydrogen) atoms. The van der Waals surface area contributed by atoms with Crippen molar-refractivity contribution in [2.45, 2.75) is 25.9 Å². The average Bonchev–Trinajstić information content (AvgIpc) is 2.52. The Morgan fingerprint density at radius 1 is 1.38 bits per heavy atom. The number of pyridine rings is 1. The van der Waals surface area contributed by atoms with Gasteiger partial charge in [0.1, 0.15) is 5.69 Å². The summed E-state index contributed by atoms with van der Waals surface area (Å²) in [6.07, 6.45) is 3.62. The van der Waals surface area contributed by atoms with Gasteiger partial charge >= 0.3 is 0 Å². The van der Waals surface area contributed by atoms with E-state index in [4.69, 9.17) is 9.47 Å². The molecule has 1 aliphatic rings. The maximum absolute atomic E-state index is 12.3. The van der Waals surface area contributed by atoms with Crippen LogP contribution in [0.2, 0.25) is 0 Å². The molecule has 1 amide bonds. The minimum absolute atomic E-state index is 0.00438. The zero-order valence-corrected chi connectivity index (χ0v) is 13.8. The van der Waals surface area contributed by atoms with Crippen molar-refractivity contribution in [3.05, 3.63) is 28.5 Å². The minimum Gasteiger partial charge on any atom is -0.379 e. The number of carbonyl (C=O) groups excluding carboxylic acids is 1. The van der Waals surface area contributed by atoms with Crippen LogP contribution in [0.15, 0.2) is 22.8 Å². The SMILES string of the molecule is CCOCCOC1CCN(C(=O)c2ccc(Br)cn2)CC1. The van der Waals surface area contributed by atoms with Crippen LogP contribution in [0.25, 0.3) is 0 Å². The molecule has 0 unspecified atom stereocenters. The quantitative estimate of drug-likeness (QED) is 0.734. The van der Waals surface area contributed by atoms with E-state index in [2.05, 4.69) is 20.9 Å². The monoisotopic (exact) mass is 356 g/mol. The fourth-order valence-corrected chi connectivity index (χ4v) is 2.54. The summed E-state index contributed by atoms with van der Waals surface area (Å²) in [5.74, 6) is -0.00438. The molecule has 1 aromatic heterocycles. The third kappa shape index (κ3) is 5.05. The van der Waals surface area contributed by atoms with Crippen LogP contribution in [-0.4, -0.2) is 54.8 Å². The van der Waals surface area contributed by atoms with Gasteiger partial charge in [0.2, 0.25) is 0 Å². The van der Waals surface area contributed by atoms with Crippen molar-refractivity contribution < 1.29 is 14.3 Å². The Balaban J connectivity index is 1.75. The van der Waals surface area contributed by atoms with Gasteiger partial charge in [-0.2, -0.15) is 0 Å². The zero-order valence-electron chi connectivity index (χ0n) is 12.3. The maximum Gasteiger partial charge on any atom is 0.272 e. The lowest BCUT2D eigenvalue weighted by Crippen LogP contribution is -2.41. The Kier molecular flexibility index (Phi) is 6.60. The molecule has 0 spiro atoms. The molecule has 5 nitrogen and oxygen atoms in total. The zero-order chi connectivity index (χ0) is 15.1. The van der Waals surface area contributed by atoms with Gasteiger partial charge in [-0.3, -0.25) is 4.79 Å². The molecule has 2 heterocycles. The molecule has 0 aromatic carbocycles. The number of hydrogen-bond donors (Lipinski definition) is 0. The van der Waals surface area contributed by atoms with Gasteiger partial charge in [-0.1, -0.05) is 0 Å². The number of carbonyl (C=O) groups is 1. The van der Waals surface area contributed by atoms with Gasteiger partial charge < -0.3 is 14.4 Å². The van der Waals surface area contributed by atoms with Gasteiger partial charge in [0.15, 0.2) is 0 Å². The molecule has 0 atom stereocenters. The predicted octanol–water partition coefficient (Wildman–Crippen LogP) is 2.50. The molecule has 1 saturated heterocycles. The highest BCUT2D eigenvalue weighted by Crippen LogP contribution is 2.16. The highest BCUT2D eigenvalue weighted by molar-refractivity contribution is 9.10. The molecule has 2 rings (SSSR count). The van der Waals surface area contributed by atoms with E-state index in [-0.39, 0.29) is 12.0 Å². The lowest BCUT2D eigenvalue weighted by Gasteiger charge is -2.31. The Hall–Kier alpha value is -0.980. The summed E-state index contributed by atoms with van der Waals surface area (Å²) in [4.78, 5) is 18.3. The molecular weight excluding hydrogens is 336 g/mol. The van der Waals surface area contributed by atoms with E-state index >= 15 is 0 Å². The highest BCUT2D eigenvalue weighted by Gasteiger charge is 2.24. The first kappa shape index (κ1) is 16.4. The molecular formula is C15H21BrN2O3. The molecule has 6 heteroatoms. The smallest absolute Gasteiger partial charge is 0.272 e. The summed E-state index contributed by atoms with van der Waals surface area (Å²) in [6.45, 7) is 5.39. The van der Waals surface area contributed by atoms with Crippen molar-refractivity contribution in [3.8, 4) is 0 Å². The van der Waals surface area contributed by atoms with E-state index in [0.29, 0.717) is 18.9 Å². The van der Waals surface area contributed by atoms with Crippen molar-refractivity contribution in [2.75, 3.05) is 32.9 Å². The molecule has 0 aliphatic carbocycles. The predicted molar refractivity (Wildman–Crippen MR) is 83.3 cm³/mol. The topological polar surface area (TPSA) is 51.7 Å². The van der Waals surface area contributed by atoms with Crippen molar-refractivity contribution in [2.24, 2.45) is 0 Å². The summed E-state index contributed by atoms with van der Waals surface area (Å²) >= 11 is 3.32. The fraction of sp³-hybridized carbons (Fsp3) is 0.600. The van der Waals surface area contributed by atoms with Gasteiger partial charge in [-0.15, -0.1) is 0 Å². The molecule has 1 aliphatic heterocycles. The fourth-order valence-electron chi connectivity index (χ4n) is 2.31. The normalized spacial score (nSPS) is 16.2. The van der Waals surface area contributed by atoms with Gasteiger partial charge in [0, 0.05) is 30.4 Å². The van der Waals surface area contributed by atoms with E-state index in [0.717, 1.165) is 37.0 Å². The number of aromatic nitrogens is 1. The van der Waals surface area contributed by atoms with E-state index in [1.165, 1.54) is 0 Å². The summed E-state index contributed by atoms with van der Waals surface area (Å²) < 4.78 is 11.9. The maximum atomic E-state index is 12.3. The second-order valence-corrected chi connectivity index (χ2v) is 5.84. The molecule has 1 fully saturated rings. The molecule has 116 valence electrons. The Morgan fingerprint density at radius 2 is 2.14 bits per heavy atom. The van der Waals surface area contributed by atoms with E-state index in [9.17, 15) is 4.79 Å². The van der Waals surface area contributed by atoms with Crippen LogP contribution in [0.1, 0.15) is 30.3 Å². The first-order valence-electron chi connectivity index (χ1n) is 7.31. The number of hydrogen-bond acceptors (Lipinski definition) is 4. The van der Waals surface area contributed by atoms with Crippen LogP contribution in [0.5, 0.6) is 0 Å². The minimum atomic E-state index is -0.00438. The van der Waals surface area contributed by atoms with E-state index in [1.54, 1.807) is 12.3 Å². The summed E-state index contributed by atoms with van der Waals surface area (Å²) in [7, 11) is 0. The second kappa shape index (κ2) is 8.46. The number of piperidine rings is 1. The number of likely N-dealkylation sites (tertiary alicyclic amines) is 1. The number of ether oxygens (including phenoxy) is 2. The first-order chi connectivity index (χ1) is 10.2. The van der Waals surface area contributed by atoms with Gasteiger partial charge in [0.05, 0.1) is 19.3 Å². The molecule has 0 N–H and O–H groups in total. The Bertz CT molecular complexity index is 445. The van der Waals surface area contributed by atoms with Crippen molar-refractivity contribution in [3.63, 3.8) is 0 Å². The Morgan fingerprint density at radius 3 is 2.76 bits per heavy atom. The number of halogens is 1. The lowest BCUT2D eigenvalue weighted by atomic mass is 10.1. The molecule has 0 saturated carbocycles. The van der Waals surface area contributed by atoms with Gasteiger partial charge in [-0.25, -0.2) is 4.98 Å². The lowest BCUT2D eigenvalue weighted by molar-refractivity contribution is -0.0183. The van der Waals surface area contributed by atoms with E-state index in [1.807, 2.05) is 17.9 Å². The molecule has 0 radical (unpaired) electrons. The first-order valence-corrected chi connectivity index (χ1v) is 8.10. The number of amides is 1. The standard InChI is InChI=1S/C15H21BrN2O3/c1-2-20-9-10-21-13-5-7-18(8-6-13)15(19)14-4-3-12(16)11-17-14/h3-4,11,13H,2,5-10H2,1H3. The van der Waals surface area contributed by atoms with Crippen molar-refractivity contribution in [1.29, 1.82) is 0 Å². The third-order valence-corrected chi connectivity index (χ3v) is 3.93. The van der Waals surface area contributed by atoms with Crippen LogP contribution < -0.4 is 0 Å². The van der Waals surface area contributed by atoms with Crippen molar-refractivity contribution in [1.82, 2.24) is 9.88 Å². The third-order valence-electron chi connectivity index (χ3n) is 3.46. The van der Waals surface area contributed by atoms with Gasteiger partial charge in [0.25, 0.3) is 5.91 Å². The van der Waals surface area contributed by atoms with E-state index < -0.39 is 0 Å². The highest BCUT2D eigenvalue weighted by atomic mass is 79.9. The van der Waals surface area contributed by atoms with Crippen LogP contribution in [0, 0.1) is 0 Å². The van der Waals surface area contributed by atoms with Crippen molar-refractivity contribution >= 4 is 21.8 Å². The summed E-state index contributed by atoms with van der Waals surface area (Å²) in [5.41, 5.74) is 0.494. The van der Waals surface area contributed by atoms with Crippen LogP contribution in [0.3, 0.4) is 0 Å².